The predicted molar refractivity (Wildman–Crippen MR) is 59.8 cm³/mol. The molecule has 16 heavy (non-hydrogen) atoms. The Kier molecular flexibility index (Phi) is 3.14. The van der Waals surface area contributed by atoms with E-state index in [0.717, 1.165) is 16.3 Å². The molecule has 2 rings (SSSR count). The van der Waals surface area contributed by atoms with Gasteiger partial charge in [0, 0.05) is 11.8 Å². The highest BCUT2D eigenvalue weighted by molar-refractivity contribution is 7.99. The zero-order valence-electron chi connectivity index (χ0n) is 8.94. The molecule has 82 valence electrons. The van der Waals surface area contributed by atoms with Gasteiger partial charge in [-0.25, -0.2) is 15.0 Å². The third-order valence-corrected chi connectivity index (χ3v) is 2.74. The van der Waals surface area contributed by atoms with E-state index < -0.39 is 5.95 Å². The van der Waals surface area contributed by atoms with Crippen LogP contribution in [-0.4, -0.2) is 15.0 Å². The second-order valence-corrected chi connectivity index (χ2v) is 4.45. The lowest BCUT2D eigenvalue weighted by Crippen LogP contribution is -1.90. The summed E-state index contributed by atoms with van der Waals surface area (Å²) in [6, 6.07) is 5.23. The highest BCUT2D eigenvalue weighted by Gasteiger charge is 2.03. The second-order valence-electron chi connectivity index (χ2n) is 3.41. The molecule has 2 heterocycles. The largest absolute Gasteiger partial charge is 0.246 e. The number of aromatic nitrogens is 3. The lowest BCUT2D eigenvalue weighted by atomic mass is 10.3. The Labute approximate surface area is 97.2 Å². The van der Waals surface area contributed by atoms with Crippen LogP contribution in [0.2, 0.25) is 0 Å². The van der Waals surface area contributed by atoms with E-state index in [2.05, 4.69) is 15.0 Å². The Morgan fingerprint density at radius 2 is 1.88 bits per heavy atom. The summed E-state index contributed by atoms with van der Waals surface area (Å²) in [6.45, 7) is 3.93. The van der Waals surface area contributed by atoms with Crippen LogP contribution in [-0.2, 0) is 0 Å². The van der Waals surface area contributed by atoms with Gasteiger partial charge in [-0.1, -0.05) is 0 Å². The Morgan fingerprint density at radius 3 is 2.56 bits per heavy atom. The van der Waals surface area contributed by atoms with Crippen LogP contribution in [0, 0.1) is 19.8 Å². The van der Waals surface area contributed by atoms with E-state index >= 15 is 0 Å². The first-order valence-electron chi connectivity index (χ1n) is 4.74. The first-order valence-corrected chi connectivity index (χ1v) is 5.56. The zero-order valence-corrected chi connectivity index (χ0v) is 9.75. The first-order chi connectivity index (χ1) is 7.63. The summed E-state index contributed by atoms with van der Waals surface area (Å²) >= 11 is 1.33. The van der Waals surface area contributed by atoms with Crippen molar-refractivity contribution in [2.45, 2.75) is 23.9 Å². The molecule has 0 fully saturated rings. The molecule has 0 atom stereocenters. The van der Waals surface area contributed by atoms with Crippen molar-refractivity contribution < 1.29 is 4.39 Å². The van der Waals surface area contributed by atoms with E-state index in [4.69, 9.17) is 0 Å². The normalized spacial score (nSPS) is 10.4. The maximum atomic E-state index is 12.8. The van der Waals surface area contributed by atoms with Gasteiger partial charge in [0.2, 0.25) is 5.95 Å². The number of halogens is 1. The SMILES string of the molecule is Cc1cc(C)nc(Sc2cc(F)ncn2)c1. The summed E-state index contributed by atoms with van der Waals surface area (Å²) in [7, 11) is 0. The molecule has 5 heteroatoms. The molecule has 0 aromatic carbocycles. The minimum absolute atomic E-state index is 0.526. The highest BCUT2D eigenvalue weighted by Crippen LogP contribution is 2.24. The Bertz CT molecular complexity index is 496. The fraction of sp³-hybridized carbons (Fsp3) is 0.182. The molecule has 0 N–H and O–H groups in total. The average Bonchev–Trinajstić information content (AvgIpc) is 2.15. The number of hydrogen-bond donors (Lipinski definition) is 0. The topological polar surface area (TPSA) is 38.7 Å². The quantitative estimate of drug-likeness (QED) is 0.750. The van der Waals surface area contributed by atoms with Gasteiger partial charge in [0.25, 0.3) is 0 Å². The molecular weight excluding hydrogens is 225 g/mol. The fourth-order valence-corrected chi connectivity index (χ4v) is 2.24. The van der Waals surface area contributed by atoms with Crippen molar-refractivity contribution in [1.82, 2.24) is 15.0 Å². The summed E-state index contributed by atoms with van der Waals surface area (Å²) < 4.78 is 12.8. The lowest BCUT2D eigenvalue weighted by Gasteiger charge is -2.02. The standard InChI is InChI=1S/C11H10FN3S/c1-7-3-8(2)15-11(4-7)16-10-5-9(12)13-6-14-10/h3-6H,1-2H3. The van der Waals surface area contributed by atoms with Gasteiger partial charge in [-0.15, -0.1) is 0 Å². The molecule has 0 aliphatic heterocycles. The summed E-state index contributed by atoms with van der Waals surface area (Å²) in [4.78, 5) is 11.7. The first kappa shape index (κ1) is 11.0. The molecule has 0 radical (unpaired) electrons. The molecule has 3 nitrogen and oxygen atoms in total. The highest BCUT2D eigenvalue weighted by atomic mass is 32.2. The Balaban J connectivity index is 2.27. The van der Waals surface area contributed by atoms with Gasteiger partial charge in [0.1, 0.15) is 16.4 Å². The number of rotatable bonds is 2. The number of pyridine rings is 1. The predicted octanol–water partition coefficient (Wildman–Crippen LogP) is 2.78. The van der Waals surface area contributed by atoms with E-state index in [1.807, 2.05) is 26.0 Å². The molecule has 0 bridgehead atoms. The fourth-order valence-electron chi connectivity index (χ4n) is 1.34. The van der Waals surface area contributed by atoms with Crippen LogP contribution < -0.4 is 0 Å². The number of nitrogens with zero attached hydrogens (tertiary/aromatic N) is 3. The van der Waals surface area contributed by atoms with Gasteiger partial charge in [0.05, 0.1) is 0 Å². The van der Waals surface area contributed by atoms with E-state index in [0.29, 0.717) is 5.03 Å². The van der Waals surface area contributed by atoms with Gasteiger partial charge < -0.3 is 0 Å². The summed E-state index contributed by atoms with van der Waals surface area (Å²) in [5, 5.41) is 1.38. The summed E-state index contributed by atoms with van der Waals surface area (Å²) in [6.07, 6.45) is 1.21. The smallest absolute Gasteiger partial charge is 0.217 e. The Hall–Kier alpha value is -1.49. The van der Waals surface area contributed by atoms with E-state index in [1.165, 1.54) is 24.2 Å². The van der Waals surface area contributed by atoms with E-state index in [-0.39, 0.29) is 0 Å². The van der Waals surface area contributed by atoms with Crippen LogP contribution in [0.15, 0.2) is 34.6 Å². The van der Waals surface area contributed by atoms with Gasteiger partial charge >= 0.3 is 0 Å². The molecular formula is C11H10FN3S. The van der Waals surface area contributed by atoms with E-state index in [1.54, 1.807) is 0 Å². The van der Waals surface area contributed by atoms with Crippen LogP contribution >= 0.6 is 11.8 Å². The zero-order chi connectivity index (χ0) is 11.5. The van der Waals surface area contributed by atoms with Crippen molar-refractivity contribution in [1.29, 1.82) is 0 Å². The van der Waals surface area contributed by atoms with Crippen LogP contribution in [0.5, 0.6) is 0 Å². The average molecular weight is 235 g/mol. The molecule has 0 saturated heterocycles. The lowest BCUT2D eigenvalue weighted by molar-refractivity contribution is 0.572. The van der Waals surface area contributed by atoms with Gasteiger partial charge in [-0.3, -0.25) is 0 Å². The minimum Gasteiger partial charge on any atom is -0.246 e. The molecule has 0 spiro atoms. The third-order valence-electron chi connectivity index (χ3n) is 1.89. The van der Waals surface area contributed by atoms with Gasteiger partial charge in [-0.05, 0) is 43.3 Å². The minimum atomic E-state index is -0.526. The van der Waals surface area contributed by atoms with Crippen molar-refractivity contribution in [2.75, 3.05) is 0 Å². The Morgan fingerprint density at radius 1 is 1.06 bits per heavy atom. The van der Waals surface area contributed by atoms with Crippen molar-refractivity contribution in [3.63, 3.8) is 0 Å². The third kappa shape index (κ3) is 2.76. The second kappa shape index (κ2) is 4.57. The van der Waals surface area contributed by atoms with Crippen molar-refractivity contribution in [2.24, 2.45) is 0 Å². The maximum Gasteiger partial charge on any atom is 0.217 e. The molecule has 0 unspecified atom stereocenters. The van der Waals surface area contributed by atoms with E-state index in [9.17, 15) is 4.39 Å². The molecule has 2 aromatic rings. The maximum absolute atomic E-state index is 12.8. The number of hydrogen-bond acceptors (Lipinski definition) is 4. The van der Waals surface area contributed by atoms with Crippen LogP contribution in [0.1, 0.15) is 11.3 Å². The number of aryl methyl sites for hydroxylation is 2. The molecule has 0 aliphatic carbocycles. The molecule has 2 aromatic heterocycles. The van der Waals surface area contributed by atoms with Gasteiger partial charge in [-0.2, -0.15) is 4.39 Å². The van der Waals surface area contributed by atoms with Crippen molar-refractivity contribution in [3.8, 4) is 0 Å². The van der Waals surface area contributed by atoms with Crippen LogP contribution in [0.25, 0.3) is 0 Å². The van der Waals surface area contributed by atoms with Crippen LogP contribution in [0.4, 0.5) is 4.39 Å². The monoisotopic (exact) mass is 235 g/mol. The molecule has 0 aliphatic rings. The molecule has 0 saturated carbocycles. The molecule has 0 amide bonds. The van der Waals surface area contributed by atoms with Gasteiger partial charge in [0.15, 0.2) is 0 Å². The summed E-state index contributed by atoms with van der Waals surface area (Å²) in [5.74, 6) is -0.526. The van der Waals surface area contributed by atoms with Crippen molar-refractivity contribution in [3.05, 3.63) is 41.7 Å². The van der Waals surface area contributed by atoms with Crippen LogP contribution in [0.3, 0.4) is 0 Å². The summed E-state index contributed by atoms with van der Waals surface area (Å²) in [5.41, 5.74) is 2.07. The van der Waals surface area contributed by atoms with Crippen molar-refractivity contribution >= 4 is 11.8 Å².